The fourth-order valence-corrected chi connectivity index (χ4v) is 4.25. The Balaban J connectivity index is 1.54. The van der Waals surface area contributed by atoms with E-state index < -0.39 is 23.4 Å². The van der Waals surface area contributed by atoms with E-state index in [9.17, 15) is 22.8 Å². The van der Waals surface area contributed by atoms with E-state index in [1.807, 2.05) is 24.5 Å². The van der Waals surface area contributed by atoms with Gasteiger partial charge in [-0.2, -0.15) is 18.3 Å². The zero-order chi connectivity index (χ0) is 23.0. The summed E-state index contributed by atoms with van der Waals surface area (Å²) in [7, 11) is 0. The highest BCUT2D eigenvalue weighted by molar-refractivity contribution is 6.43. The van der Waals surface area contributed by atoms with Crippen LogP contribution in [0.1, 0.15) is 46.2 Å². The number of halogens is 3. The van der Waals surface area contributed by atoms with E-state index in [1.165, 1.54) is 16.8 Å². The van der Waals surface area contributed by atoms with Gasteiger partial charge in [0.15, 0.2) is 0 Å². The van der Waals surface area contributed by atoms with Gasteiger partial charge < -0.3 is 9.47 Å². The van der Waals surface area contributed by atoms with Crippen LogP contribution < -0.4 is 0 Å². The SMILES string of the molecule is Cc1nn(-c2cccc(C(F)(F)F)c2)c(C)c1C(=O)C(=O)N1CCC(n2cccc2)CC1. The number of carbonyl (C=O) groups excluding carboxylic acids is 2. The fraction of sp³-hybridized carbons (Fsp3) is 0.348. The van der Waals surface area contributed by atoms with Gasteiger partial charge in [0.1, 0.15) is 0 Å². The summed E-state index contributed by atoms with van der Waals surface area (Å²) >= 11 is 0. The molecule has 1 fully saturated rings. The number of amides is 1. The molecule has 3 aromatic rings. The van der Waals surface area contributed by atoms with Crippen molar-refractivity contribution in [1.29, 1.82) is 0 Å². The lowest BCUT2D eigenvalue weighted by atomic mass is 10.0. The first-order valence-electron chi connectivity index (χ1n) is 10.4. The molecule has 6 nitrogen and oxygen atoms in total. The minimum atomic E-state index is -4.49. The number of ketones is 1. The third-order valence-corrected chi connectivity index (χ3v) is 5.93. The third-order valence-electron chi connectivity index (χ3n) is 5.93. The van der Waals surface area contributed by atoms with E-state index in [1.54, 1.807) is 18.7 Å². The van der Waals surface area contributed by atoms with Crippen LogP contribution in [0.4, 0.5) is 13.2 Å². The Morgan fingerprint density at radius 1 is 1.03 bits per heavy atom. The van der Waals surface area contributed by atoms with Gasteiger partial charge in [-0.25, -0.2) is 4.68 Å². The van der Waals surface area contributed by atoms with E-state index in [2.05, 4.69) is 9.67 Å². The molecular weight excluding hydrogens is 421 g/mol. The minimum Gasteiger partial charge on any atom is -0.351 e. The highest BCUT2D eigenvalue weighted by Crippen LogP contribution is 2.31. The zero-order valence-electron chi connectivity index (χ0n) is 17.8. The molecule has 1 aliphatic heterocycles. The van der Waals surface area contributed by atoms with Gasteiger partial charge in [-0.05, 0) is 57.0 Å². The molecule has 0 unspecified atom stereocenters. The Kier molecular flexibility index (Phi) is 5.66. The number of nitrogens with zero attached hydrogens (tertiary/aromatic N) is 4. The quantitative estimate of drug-likeness (QED) is 0.444. The predicted octanol–water partition coefficient (Wildman–Crippen LogP) is 4.36. The molecule has 1 aromatic carbocycles. The topological polar surface area (TPSA) is 60.1 Å². The largest absolute Gasteiger partial charge is 0.416 e. The Labute approximate surface area is 183 Å². The summed E-state index contributed by atoms with van der Waals surface area (Å²) < 4.78 is 42.7. The summed E-state index contributed by atoms with van der Waals surface area (Å²) in [6.07, 6.45) is 0.974. The fourth-order valence-electron chi connectivity index (χ4n) is 4.25. The van der Waals surface area contributed by atoms with Crippen LogP contribution in [-0.2, 0) is 11.0 Å². The second kappa shape index (κ2) is 8.29. The molecule has 9 heteroatoms. The van der Waals surface area contributed by atoms with Gasteiger partial charge in [-0.1, -0.05) is 6.07 Å². The first-order valence-corrected chi connectivity index (χ1v) is 10.4. The van der Waals surface area contributed by atoms with Gasteiger partial charge in [0, 0.05) is 31.5 Å². The first-order chi connectivity index (χ1) is 15.2. The molecule has 0 spiro atoms. The van der Waals surface area contributed by atoms with Gasteiger partial charge in [0.2, 0.25) is 0 Å². The van der Waals surface area contributed by atoms with Crippen LogP contribution in [0.15, 0.2) is 48.8 Å². The summed E-state index contributed by atoms with van der Waals surface area (Å²) in [5, 5.41) is 4.25. The summed E-state index contributed by atoms with van der Waals surface area (Å²) in [6, 6.07) is 8.91. The molecule has 1 amide bonds. The lowest BCUT2D eigenvalue weighted by molar-refractivity contribution is -0.137. The molecule has 0 saturated carbocycles. The van der Waals surface area contributed by atoms with Crippen LogP contribution in [-0.4, -0.2) is 44.0 Å². The van der Waals surface area contributed by atoms with Crippen molar-refractivity contribution < 1.29 is 22.8 Å². The van der Waals surface area contributed by atoms with E-state index in [4.69, 9.17) is 0 Å². The molecule has 0 N–H and O–H groups in total. The number of benzene rings is 1. The Bertz CT molecular complexity index is 1140. The maximum Gasteiger partial charge on any atom is 0.416 e. The molecule has 0 aliphatic carbocycles. The number of rotatable bonds is 4. The van der Waals surface area contributed by atoms with Crippen molar-refractivity contribution in [3.63, 3.8) is 0 Å². The number of hydrogen-bond acceptors (Lipinski definition) is 3. The lowest BCUT2D eigenvalue weighted by Crippen LogP contribution is -2.42. The van der Waals surface area contributed by atoms with E-state index >= 15 is 0 Å². The van der Waals surface area contributed by atoms with Crippen molar-refractivity contribution >= 4 is 11.7 Å². The summed E-state index contributed by atoms with van der Waals surface area (Å²) in [4.78, 5) is 27.5. The molecule has 0 bridgehead atoms. The van der Waals surface area contributed by atoms with Gasteiger partial charge >= 0.3 is 6.18 Å². The van der Waals surface area contributed by atoms with E-state index in [0.717, 1.165) is 25.0 Å². The molecule has 1 aliphatic rings. The van der Waals surface area contributed by atoms with Crippen molar-refractivity contribution in [2.24, 2.45) is 0 Å². The average Bonchev–Trinajstić information content (AvgIpc) is 3.41. The molecule has 0 atom stereocenters. The Morgan fingerprint density at radius 3 is 2.31 bits per heavy atom. The van der Waals surface area contributed by atoms with Crippen LogP contribution in [0.5, 0.6) is 0 Å². The maximum atomic E-state index is 13.1. The number of carbonyl (C=O) groups is 2. The van der Waals surface area contributed by atoms with Gasteiger partial charge in [-0.15, -0.1) is 0 Å². The molecule has 0 radical (unpaired) electrons. The second-order valence-corrected chi connectivity index (χ2v) is 7.99. The summed E-state index contributed by atoms with van der Waals surface area (Å²) in [5.74, 6) is -1.29. The maximum absolute atomic E-state index is 13.1. The Hall–Kier alpha value is -3.36. The Morgan fingerprint density at radius 2 is 1.69 bits per heavy atom. The van der Waals surface area contributed by atoms with Crippen LogP contribution in [0.25, 0.3) is 5.69 Å². The smallest absolute Gasteiger partial charge is 0.351 e. The van der Waals surface area contributed by atoms with Crippen molar-refractivity contribution in [2.45, 2.75) is 38.9 Å². The molecule has 3 heterocycles. The highest BCUT2D eigenvalue weighted by Gasteiger charge is 2.33. The molecule has 32 heavy (non-hydrogen) atoms. The van der Waals surface area contributed by atoms with E-state index in [0.29, 0.717) is 24.5 Å². The number of aromatic nitrogens is 3. The number of likely N-dealkylation sites (tertiary alicyclic amines) is 1. The van der Waals surface area contributed by atoms with Crippen molar-refractivity contribution in [2.75, 3.05) is 13.1 Å². The van der Waals surface area contributed by atoms with Gasteiger partial charge in [-0.3, -0.25) is 9.59 Å². The highest BCUT2D eigenvalue weighted by atomic mass is 19.4. The molecule has 1 saturated heterocycles. The van der Waals surface area contributed by atoms with Crippen LogP contribution in [0.2, 0.25) is 0 Å². The molecular formula is C23H23F3N4O2. The zero-order valence-corrected chi connectivity index (χ0v) is 17.8. The van der Waals surface area contributed by atoms with Crippen LogP contribution in [0.3, 0.4) is 0 Å². The second-order valence-electron chi connectivity index (χ2n) is 7.99. The van der Waals surface area contributed by atoms with Gasteiger partial charge in [0.05, 0.1) is 28.2 Å². The number of Topliss-reactive ketones (excluding diaryl/α,β-unsaturated/α-hetero) is 1. The van der Waals surface area contributed by atoms with Crippen molar-refractivity contribution in [1.82, 2.24) is 19.2 Å². The van der Waals surface area contributed by atoms with E-state index in [-0.39, 0.29) is 17.3 Å². The normalized spacial score (nSPS) is 15.2. The molecule has 4 rings (SSSR count). The lowest BCUT2D eigenvalue weighted by Gasteiger charge is -2.32. The summed E-state index contributed by atoms with van der Waals surface area (Å²) in [6.45, 7) is 4.09. The number of hydrogen-bond donors (Lipinski definition) is 0. The van der Waals surface area contributed by atoms with Crippen molar-refractivity contribution in [3.8, 4) is 5.69 Å². The van der Waals surface area contributed by atoms with Crippen LogP contribution in [0, 0.1) is 13.8 Å². The van der Waals surface area contributed by atoms with Crippen molar-refractivity contribution in [3.05, 3.63) is 71.3 Å². The third kappa shape index (κ3) is 4.06. The number of alkyl halides is 3. The number of aryl methyl sites for hydroxylation is 1. The average molecular weight is 444 g/mol. The van der Waals surface area contributed by atoms with Crippen LogP contribution >= 0.6 is 0 Å². The molecule has 2 aromatic heterocycles. The minimum absolute atomic E-state index is 0.139. The summed E-state index contributed by atoms with van der Waals surface area (Å²) in [5.41, 5.74) is 0.152. The number of piperidine rings is 1. The molecule has 168 valence electrons. The standard InChI is InChI=1S/C23H23F3N4O2/c1-15-20(16(2)30(27-15)19-7-5-6-17(14-19)23(24,25)26)21(31)22(32)29-12-8-18(9-13-29)28-10-3-4-11-28/h3-7,10-11,14,18H,8-9,12-13H2,1-2H3. The van der Waals surface area contributed by atoms with Gasteiger partial charge in [0.25, 0.3) is 11.7 Å². The predicted molar refractivity (Wildman–Crippen MR) is 112 cm³/mol. The first kappa shape index (κ1) is 21.9. The monoisotopic (exact) mass is 444 g/mol.